The highest BCUT2D eigenvalue weighted by Crippen LogP contribution is 1.33. The van der Waals surface area contributed by atoms with E-state index in [2.05, 4.69) is 5.73 Å². The summed E-state index contributed by atoms with van der Waals surface area (Å²) in [5.74, 6) is -0.333. The average Bonchev–Trinajstić information content (AvgIpc) is 1.75. The van der Waals surface area contributed by atoms with Crippen LogP contribution in [0.1, 0.15) is 25.2 Å². The topological polar surface area (TPSA) is 43.1 Å². The summed E-state index contributed by atoms with van der Waals surface area (Å²) in [7, 11) is 0. The summed E-state index contributed by atoms with van der Waals surface area (Å²) in [6.45, 7) is 5.31. The average molecular weight is 96.2 g/mol. The van der Waals surface area contributed by atoms with Gasteiger partial charge in [-0.2, -0.15) is 0 Å². The SMILES string of the molecule is CC.CC(N)=O.[2HH].[2H][2H]. The number of hydrogen-bond acceptors (Lipinski definition) is 1. The number of carbonyl (C=O) groups is 1. The fourth-order valence-electron chi connectivity index (χ4n) is 0. The molecule has 0 aliphatic carbocycles. The van der Waals surface area contributed by atoms with E-state index in [0.29, 0.717) is 0 Å². The van der Waals surface area contributed by atoms with Crippen molar-refractivity contribution in [2.24, 2.45) is 5.73 Å². The summed E-state index contributed by atoms with van der Waals surface area (Å²) in [5, 5.41) is 0. The number of carbonyl (C=O) groups excluding carboxylic acids is 1. The quantitative estimate of drug-likeness (QED) is 0.480. The number of primary amides is 1. The zero-order valence-corrected chi connectivity index (χ0v) is 4.49. The highest BCUT2D eigenvalue weighted by Gasteiger charge is 1.61. The molecular weight excluding hydrogens is 78.0 g/mol. The minimum absolute atomic E-state index is 0. The van der Waals surface area contributed by atoms with Crippen molar-refractivity contribution < 1.29 is 9.19 Å². The fraction of sp³-hybridized carbons (Fsp3) is 0.750. The van der Waals surface area contributed by atoms with Gasteiger partial charge in [-0.05, 0) is 0 Å². The molecule has 0 unspecified atom stereocenters. The molecule has 6 heavy (non-hydrogen) atoms. The first-order valence-corrected chi connectivity index (χ1v) is 1.99. The summed E-state index contributed by atoms with van der Waals surface area (Å²) in [5.41, 5.74) is 4.47. The van der Waals surface area contributed by atoms with E-state index in [-0.39, 0.29) is 7.33 Å². The van der Waals surface area contributed by atoms with Crippen molar-refractivity contribution in [1.29, 1.82) is 0 Å². The standard InChI is InChI=1S/C2H5NO.C2H6.2H2/c1-2(3)4;1-2;;/h1H3,(H2,3,4);1-2H3;2*1H/i;;1+1D;1+1. The van der Waals surface area contributed by atoms with Gasteiger partial charge in [0.2, 0.25) is 5.91 Å². The molecule has 0 aromatic carbocycles. The van der Waals surface area contributed by atoms with Crippen molar-refractivity contribution in [3.63, 3.8) is 0 Å². The predicted molar refractivity (Wildman–Crippen MR) is 30.4 cm³/mol. The molecule has 0 fully saturated rings. The number of nitrogens with two attached hydrogens (primary N) is 1. The molecule has 0 rings (SSSR count). The van der Waals surface area contributed by atoms with Crippen molar-refractivity contribution in [1.82, 2.24) is 0 Å². The summed E-state index contributed by atoms with van der Waals surface area (Å²) < 4.78 is 10.0. The molecule has 2 heteroatoms. The lowest BCUT2D eigenvalue weighted by Crippen LogP contribution is -2.01. The molecule has 0 radical (unpaired) electrons. The molecule has 0 aromatic rings. The summed E-state index contributed by atoms with van der Waals surface area (Å²) in [6.07, 6.45) is 0. The molecule has 0 aliphatic heterocycles. The van der Waals surface area contributed by atoms with Crippen molar-refractivity contribution in [2.45, 2.75) is 20.8 Å². The third-order valence-electron chi connectivity index (χ3n) is 0. The van der Waals surface area contributed by atoms with Gasteiger partial charge in [0.1, 0.15) is 0 Å². The lowest BCUT2D eigenvalue weighted by Gasteiger charge is -1.60. The van der Waals surface area contributed by atoms with Crippen LogP contribution in [0.3, 0.4) is 0 Å². The van der Waals surface area contributed by atoms with Crippen LogP contribution >= 0.6 is 0 Å². The maximum atomic E-state index is 9.22. The zero-order chi connectivity index (χ0) is 7.58. The highest BCUT2D eigenvalue weighted by molar-refractivity contribution is 5.70. The van der Waals surface area contributed by atoms with Crippen LogP contribution in [0.5, 0.6) is 0 Å². The van der Waals surface area contributed by atoms with Crippen LogP contribution < -0.4 is 5.73 Å². The molecule has 2 N–H and O–H groups in total. The predicted octanol–water partition coefficient (Wildman–Crippen LogP) is 1.01. The number of rotatable bonds is 0. The van der Waals surface area contributed by atoms with Crippen molar-refractivity contribution in [3.8, 4) is 0 Å². The van der Waals surface area contributed by atoms with Crippen LogP contribution in [-0.4, -0.2) is 5.91 Å². The van der Waals surface area contributed by atoms with Gasteiger partial charge >= 0.3 is 0 Å². The van der Waals surface area contributed by atoms with Gasteiger partial charge in [0.05, 0.1) is 0 Å². The van der Waals surface area contributed by atoms with E-state index in [9.17, 15) is 4.79 Å². The van der Waals surface area contributed by atoms with Crippen molar-refractivity contribution >= 4 is 5.91 Å². The highest BCUT2D eigenvalue weighted by atomic mass is 16.1. The number of amides is 1. The molecule has 0 atom stereocenters. The van der Waals surface area contributed by atoms with E-state index in [0.717, 1.165) is 0 Å². The second-order valence-corrected chi connectivity index (χ2v) is 0.611. The Hall–Kier alpha value is -0.530. The second-order valence-electron chi connectivity index (χ2n) is 0.611. The smallest absolute Gasteiger partial charge is 0.214 e. The Morgan fingerprint density at radius 3 is 1.83 bits per heavy atom. The first kappa shape index (κ1) is 5.47. The van der Waals surface area contributed by atoms with Crippen LogP contribution in [0.4, 0.5) is 0 Å². The lowest BCUT2D eigenvalue weighted by atomic mass is 10.8. The van der Waals surface area contributed by atoms with Gasteiger partial charge in [-0.3, -0.25) is 4.79 Å². The molecular formula is C4H15NO. The Morgan fingerprint density at radius 2 is 1.83 bits per heavy atom. The van der Waals surface area contributed by atoms with Crippen molar-refractivity contribution in [2.75, 3.05) is 0 Å². The van der Waals surface area contributed by atoms with Gasteiger partial charge in [0.25, 0.3) is 0 Å². The molecule has 0 saturated carbocycles. The largest absolute Gasteiger partial charge is 0.370 e. The third kappa shape index (κ3) is 75.4. The first-order valence-electron chi connectivity index (χ1n) is 2.99. The summed E-state index contributed by atoms with van der Waals surface area (Å²) in [6, 6.07) is 0. The van der Waals surface area contributed by atoms with E-state index >= 15 is 0 Å². The molecule has 1 amide bonds. The van der Waals surface area contributed by atoms with Crippen molar-refractivity contribution in [3.05, 3.63) is 0 Å². The monoisotopic (exact) mass is 96.1 g/mol. The maximum Gasteiger partial charge on any atom is 0.214 e. The van der Waals surface area contributed by atoms with Crippen LogP contribution in [0, 0.1) is 0 Å². The molecule has 2 nitrogen and oxygen atoms in total. The van der Waals surface area contributed by atoms with Gasteiger partial charge in [-0.15, -0.1) is 0 Å². The Labute approximate surface area is 42.9 Å². The summed E-state index contributed by atoms with van der Waals surface area (Å²) >= 11 is 0. The van der Waals surface area contributed by atoms with E-state index in [4.69, 9.17) is 2.97 Å². The van der Waals surface area contributed by atoms with Gasteiger partial charge in [0.15, 0.2) is 0 Å². The van der Waals surface area contributed by atoms with Crippen LogP contribution in [0.25, 0.3) is 0 Å². The van der Waals surface area contributed by atoms with Gasteiger partial charge in [0, 0.05) is 11.3 Å². The lowest BCUT2D eigenvalue weighted by molar-refractivity contribution is -0.115. The van der Waals surface area contributed by atoms with Gasteiger partial charge < -0.3 is 5.73 Å². The molecule has 0 saturated heterocycles. The zero-order valence-electron chi connectivity index (χ0n) is 6.49. The fourth-order valence-corrected chi connectivity index (χ4v) is 0. The molecule has 0 spiro atoms. The maximum absolute atomic E-state index is 9.22. The van der Waals surface area contributed by atoms with Crippen LogP contribution in [-0.2, 0) is 4.79 Å². The van der Waals surface area contributed by atoms with E-state index in [1.165, 1.54) is 6.92 Å². The summed E-state index contributed by atoms with van der Waals surface area (Å²) in [4.78, 5) is 9.22. The Bertz CT molecular complexity index is 38.8. The molecule has 0 heterocycles. The minimum atomic E-state index is -0.333. The molecule has 0 bridgehead atoms. The Morgan fingerprint density at radius 1 is 1.83 bits per heavy atom. The number of hydrogen-bond donors (Lipinski definition) is 1. The van der Waals surface area contributed by atoms with Gasteiger partial charge in [-0.25, -0.2) is 0 Å². The van der Waals surface area contributed by atoms with E-state index in [1.807, 2.05) is 13.8 Å². The molecule has 0 aliphatic rings. The Kier molecular flexibility index (Phi) is 8.04. The normalized spacial score (nSPS) is 6.50. The van der Waals surface area contributed by atoms with E-state index in [1.54, 1.807) is 0 Å². The first-order chi connectivity index (χ1) is 3.73. The third-order valence-corrected chi connectivity index (χ3v) is 0. The van der Waals surface area contributed by atoms with E-state index < -0.39 is 0 Å². The Balaban J connectivity index is -0.0000000221. The van der Waals surface area contributed by atoms with Crippen LogP contribution in [0.2, 0.25) is 0 Å². The minimum Gasteiger partial charge on any atom is -0.370 e. The molecule has 0 aromatic heterocycles. The molecule has 42 valence electrons. The second kappa shape index (κ2) is 8.82. The van der Waals surface area contributed by atoms with Gasteiger partial charge in [-0.1, -0.05) is 13.8 Å². The van der Waals surface area contributed by atoms with Crippen LogP contribution in [0.15, 0.2) is 0 Å².